The number of hydrogen-bond acceptors (Lipinski definition) is 17. The summed E-state index contributed by atoms with van der Waals surface area (Å²) in [4.78, 5) is 64.5. The van der Waals surface area contributed by atoms with Gasteiger partial charge in [0.25, 0.3) is 0 Å². The molecule has 0 amide bonds. The van der Waals surface area contributed by atoms with Crippen LogP contribution in [0.15, 0.2) is 106 Å². The number of aromatic hydroxyl groups is 5. The second-order valence-corrected chi connectivity index (χ2v) is 13.2. The van der Waals surface area contributed by atoms with Crippen molar-refractivity contribution in [1.82, 2.24) is 0 Å². The van der Waals surface area contributed by atoms with E-state index in [0.29, 0.717) is 11.1 Å². The van der Waals surface area contributed by atoms with E-state index in [4.69, 9.17) is 32.8 Å². The monoisotopic (exact) mass is 824 g/mol. The SMILES string of the molecule is CC(=O)O[C@@H]1[C@@H](OC(C)=O)[C@H](Oc2cc(O)c3c(=O)c(O)c(-c4ccc(O)cc4)oc3c2)O[C@H](COC(=O)/C=C/c2ccc(O)cc2)[C@H]1OC(=O)/C=C/c1ccc(O)cc1. The molecule has 1 aromatic heterocycles. The molecule has 0 saturated carbocycles. The highest BCUT2D eigenvalue weighted by Crippen LogP contribution is 2.38. The van der Waals surface area contributed by atoms with Crippen molar-refractivity contribution in [3.63, 3.8) is 0 Å². The number of ether oxygens (including phenoxy) is 6. The van der Waals surface area contributed by atoms with Crippen molar-refractivity contribution in [2.75, 3.05) is 6.61 Å². The van der Waals surface area contributed by atoms with Crippen molar-refractivity contribution in [2.45, 2.75) is 44.6 Å². The van der Waals surface area contributed by atoms with E-state index in [1.807, 2.05) is 0 Å². The van der Waals surface area contributed by atoms with Crippen LogP contribution in [0.2, 0.25) is 0 Å². The number of esters is 4. The lowest BCUT2D eigenvalue weighted by Crippen LogP contribution is -2.63. The third-order valence-corrected chi connectivity index (χ3v) is 8.75. The van der Waals surface area contributed by atoms with E-state index in [0.717, 1.165) is 38.1 Å². The lowest BCUT2D eigenvalue weighted by molar-refractivity contribution is -0.288. The molecular weight excluding hydrogens is 788 g/mol. The first kappa shape index (κ1) is 41.8. The molecule has 4 aromatic carbocycles. The minimum absolute atomic E-state index is 0.00965. The van der Waals surface area contributed by atoms with Gasteiger partial charge in [-0.25, -0.2) is 9.59 Å². The minimum Gasteiger partial charge on any atom is -0.508 e. The first-order chi connectivity index (χ1) is 28.6. The van der Waals surface area contributed by atoms with Crippen LogP contribution in [0.5, 0.6) is 34.5 Å². The third kappa shape index (κ3) is 10.2. The molecule has 0 spiro atoms. The van der Waals surface area contributed by atoms with Gasteiger partial charge in [0.2, 0.25) is 23.6 Å². The molecule has 5 N–H and O–H groups in total. The summed E-state index contributed by atoms with van der Waals surface area (Å²) < 4.78 is 40.3. The smallest absolute Gasteiger partial charge is 0.331 e. The first-order valence-electron chi connectivity index (χ1n) is 18.0. The molecule has 1 saturated heterocycles. The molecule has 0 radical (unpaired) electrons. The highest BCUT2D eigenvalue weighted by atomic mass is 16.7. The number of phenols is 4. The van der Waals surface area contributed by atoms with Crippen LogP contribution in [0, 0.1) is 0 Å². The molecule has 0 unspecified atom stereocenters. The Morgan fingerprint density at radius 2 is 1.20 bits per heavy atom. The van der Waals surface area contributed by atoms with Crippen LogP contribution in [0.4, 0.5) is 0 Å². The molecule has 5 atom stereocenters. The molecule has 17 heteroatoms. The summed E-state index contributed by atoms with van der Waals surface area (Å²) in [5.74, 6) is -5.95. The Bertz CT molecular complexity index is 2500. The predicted molar refractivity (Wildman–Crippen MR) is 208 cm³/mol. The summed E-state index contributed by atoms with van der Waals surface area (Å²) in [6.07, 6.45) is -3.43. The molecule has 6 rings (SSSR count). The second kappa shape index (κ2) is 18.2. The van der Waals surface area contributed by atoms with Gasteiger partial charge in [-0.2, -0.15) is 0 Å². The molecular formula is C43H36O17. The van der Waals surface area contributed by atoms with Crippen LogP contribution in [-0.4, -0.2) is 86.7 Å². The van der Waals surface area contributed by atoms with Crippen LogP contribution in [0.25, 0.3) is 34.4 Å². The topological polar surface area (TPSA) is 255 Å². The fourth-order valence-electron chi connectivity index (χ4n) is 6.05. The molecule has 0 bridgehead atoms. The summed E-state index contributed by atoms with van der Waals surface area (Å²) in [7, 11) is 0. The number of hydrogen-bond donors (Lipinski definition) is 5. The van der Waals surface area contributed by atoms with Gasteiger partial charge in [0, 0.05) is 43.7 Å². The zero-order chi connectivity index (χ0) is 43.1. The van der Waals surface area contributed by atoms with Crippen LogP contribution in [0.3, 0.4) is 0 Å². The van der Waals surface area contributed by atoms with Gasteiger partial charge in [0.1, 0.15) is 52.4 Å². The average Bonchev–Trinajstić information content (AvgIpc) is 3.20. The number of benzene rings is 4. The van der Waals surface area contributed by atoms with E-state index in [1.54, 1.807) is 0 Å². The summed E-state index contributed by atoms with van der Waals surface area (Å²) in [6, 6.07) is 19.2. The Labute approximate surface area is 339 Å². The number of fused-ring (bicyclic) bond motifs is 1. The quantitative estimate of drug-likeness (QED) is 0.0641. The van der Waals surface area contributed by atoms with Crippen molar-refractivity contribution in [1.29, 1.82) is 0 Å². The van der Waals surface area contributed by atoms with Gasteiger partial charge >= 0.3 is 23.9 Å². The lowest BCUT2D eigenvalue weighted by atomic mass is 9.98. The second-order valence-electron chi connectivity index (χ2n) is 13.2. The third-order valence-electron chi connectivity index (χ3n) is 8.75. The van der Waals surface area contributed by atoms with Crippen LogP contribution in [0.1, 0.15) is 25.0 Å². The molecule has 1 aliphatic rings. The molecule has 2 heterocycles. The molecule has 60 heavy (non-hydrogen) atoms. The van der Waals surface area contributed by atoms with E-state index < -0.39 is 83.5 Å². The number of carbonyl (C=O) groups is 4. The summed E-state index contributed by atoms with van der Waals surface area (Å²) in [5.41, 5.74) is -0.0592. The minimum atomic E-state index is -1.77. The van der Waals surface area contributed by atoms with Gasteiger partial charge in [-0.15, -0.1) is 0 Å². The highest BCUT2D eigenvalue weighted by Gasteiger charge is 2.53. The largest absolute Gasteiger partial charge is 0.508 e. The maximum Gasteiger partial charge on any atom is 0.331 e. The molecule has 0 aliphatic carbocycles. The number of carbonyl (C=O) groups excluding carboxylic acids is 4. The summed E-state index contributed by atoms with van der Waals surface area (Å²) in [6.45, 7) is 1.40. The molecule has 5 aromatic rings. The Kier molecular flexibility index (Phi) is 12.7. The highest BCUT2D eigenvalue weighted by molar-refractivity contribution is 5.89. The normalized spacial score (nSPS) is 18.9. The lowest BCUT2D eigenvalue weighted by Gasteiger charge is -2.43. The maximum atomic E-state index is 13.3. The van der Waals surface area contributed by atoms with Gasteiger partial charge < -0.3 is 58.4 Å². The van der Waals surface area contributed by atoms with Crippen molar-refractivity contribution < 1.29 is 77.5 Å². The van der Waals surface area contributed by atoms with Crippen molar-refractivity contribution in [3.05, 3.63) is 118 Å². The van der Waals surface area contributed by atoms with E-state index in [1.165, 1.54) is 84.9 Å². The zero-order valence-corrected chi connectivity index (χ0v) is 31.6. The molecule has 1 aliphatic heterocycles. The van der Waals surface area contributed by atoms with E-state index >= 15 is 0 Å². The standard InChI is InChI=1S/C43H36O17/c1-22(44)55-41-40(60-35(51)18-8-25-5-13-28(47)14-6-25)33(21-54-34(50)17-7-24-3-11-27(46)12-4-24)59-43(42(41)56-23(2)45)57-30-19-31(49)36-32(20-30)58-39(38(53)37(36)52)26-9-15-29(48)16-10-26/h3-20,33,40-43,46-49,53H,21H2,1-2H3/b17-7+,18-8+/t33-,40-,41+,42-,43-/m1/s1. The van der Waals surface area contributed by atoms with Gasteiger partial charge in [0.15, 0.2) is 18.0 Å². The predicted octanol–water partition coefficient (Wildman–Crippen LogP) is 4.84. The Morgan fingerprint density at radius 3 is 1.77 bits per heavy atom. The van der Waals surface area contributed by atoms with E-state index in [2.05, 4.69) is 0 Å². The van der Waals surface area contributed by atoms with Gasteiger partial charge in [0.05, 0.1) is 0 Å². The summed E-state index contributed by atoms with van der Waals surface area (Å²) in [5, 5.41) is 50.1. The average molecular weight is 825 g/mol. The number of rotatable bonds is 12. The van der Waals surface area contributed by atoms with Crippen LogP contribution >= 0.6 is 0 Å². The van der Waals surface area contributed by atoms with Gasteiger partial charge in [-0.05, 0) is 71.8 Å². The zero-order valence-electron chi connectivity index (χ0n) is 31.6. The Balaban J connectivity index is 1.36. The number of phenolic OH excluding ortho intramolecular Hbond substituents is 4. The molecule has 310 valence electrons. The van der Waals surface area contributed by atoms with Crippen LogP contribution < -0.4 is 10.2 Å². The van der Waals surface area contributed by atoms with Crippen LogP contribution in [-0.2, 0) is 42.9 Å². The Morgan fingerprint density at radius 1 is 0.667 bits per heavy atom. The molecule has 17 nitrogen and oxygen atoms in total. The fraction of sp³-hybridized carbons (Fsp3) is 0.186. The van der Waals surface area contributed by atoms with Gasteiger partial charge in [-0.3, -0.25) is 14.4 Å². The van der Waals surface area contributed by atoms with Crippen molar-refractivity contribution in [3.8, 4) is 45.8 Å². The first-order valence-corrected chi connectivity index (χ1v) is 18.0. The maximum absolute atomic E-state index is 13.3. The Hall–Kier alpha value is -7.79. The summed E-state index contributed by atoms with van der Waals surface area (Å²) >= 11 is 0. The fourth-order valence-corrected chi connectivity index (χ4v) is 6.05. The van der Waals surface area contributed by atoms with E-state index in [9.17, 15) is 49.5 Å². The molecule has 1 fully saturated rings. The van der Waals surface area contributed by atoms with Gasteiger partial charge in [-0.1, -0.05) is 24.3 Å². The van der Waals surface area contributed by atoms with E-state index in [-0.39, 0.29) is 39.9 Å². The van der Waals surface area contributed by atoms with Crippen molar-refractivity contribution in [2.24, 2.45) is 0 Å². The van der Waals surface area contributed by atoms with Crippen molar-refractivity contribution >= 4 is 47.0 Å².